The molecule has 1 heterocycles. The first-order valence-corrected chi connectivity index (χ1v) is 7.34. The van der Waals surface area contributed by atoms with Crippen LogP contribution in [0.4, 0.5) is 0 Å². The van der Waals surface area contributed by atoms with Crippen molar-refractivity contribution in [2.24, 2.45) is 0 Å². The normalized spacial score (nSPS) is 11.3. The molecule has 112 valence electrons. The van der Waals surface area contributed by atoms with Crippen molar-refractivity contribution in [3.8, 4) is 5.75 Å². The van der Waals surface area contributed by atoms with E-state index in [1.54, 1.807) is 6.07 Å². The van der Waals surface area contributed by atoms with E-state index >= 15 is 0 Å². The third-order valence-electron chi connectivity index (χ3n) is 2.75. The van der Waals surface area contributed by atoms with Crippen LogP contribution in [-0.4, -0.2) is 26.6 Å². The standard InChI is InChI=1S/C13H13NO6S/c1-19-11-3-2-10(13(15)16)6-12(11)21(17,18)14-7-9-4-5-20-8-9/h2-6,8,14H,7H2,1H3,(H,15,16). The maximum Gasteiger partial charge on any atom is 0.335 e. The monoisotopic (exact) mass is 311 g/mol. The highest BCUT2D eigenvalue weighted by atomic mass is 32.2. The van der Waals surface area contributed by atoms with Crippen LogP contribution < -0.4 is 9.46 Å². The van der Waals surface area contributed by atoms with Crippen molar-refractivity contribution in [1.82, 2.24) is 4.72 Å². The molecule has 2 N–H and O–H groups in total. The van der Waals surface area contributed by atoms with Crippen LogP contribution in [0.15, 0.2) is 46.1 Å². The molecule has 7 nitrogen and oxygen atoms in total. The maximum absolute atomic E-state index is 12.3. The Morgan fingerprint density at radius 3 is 2.71 bits per heavy atom. The van der Waals surface area contributed by atoms with Crippen LogP contribution in [0.5, 0.6) is 5.75 Å². The molecular formula is C13H13NO6S. The molecule has 0 aliphatic heterocycles. The zero-order valence-electron chi connectivity index (χ0n) is 11.1. The first-order chi connectivity index (χ1) is 9.94. The molecule has 0 radical (unpaired) electrons. The molecule has 0 aliphatic carbocycles. The van der Waals surface area contributed by atoms with Crippen molar-refractivity contribution in [3.63, 3.8) is 0 Å². The van der Waals surface area contributed by atoms with E-state index in [-0.39, 0.29) is 22.8 Å². The van der Waals surface area contributed by atoms with Crippen molar-refractivity contribution < 1.29 is 27.5 Å². The lowest BCUT2D eigenvalue weighted by Gasteiger charge is -2.11. The Kier molecular flexibility index (Phi) is 4.29. The highest BCUT2D eigenvalue weighted by Crippen LogP contribution is 2.25. The van der Waals surface area contributed by atoms with Crippen molar-refractivity contribution in [1.29, 1.82) is 0 Å². The van der Waals surface area contributed by atoms with Crippen molar-refractivity contribution >= 4 is 16.0 Å². The lowest BCUT2D eigenvalue weighted by molar-refractivity contribution is 0.0696. The SMILES string of the molecule is COc1ccc(C(=O)O)cc1S(=O)(=O)NCc1ccoc1. The Hall–Kier alpha value is -2.32. The number of ether oxygens (including phenoxy) is 1. The van der Waals surface area contributed by atoms with Gasteiger partial charge in [-0.25, -0.2) is 17.9 Å². The van der Waals surface area contributed by atoms with Gasteiger partial charge in [-0.2, -0.15) is 0 Å². The molecule has 0 fully saturated rings. The molecule has 21 heavy (non-hydrogen) atoms. The summed E-state index contributed by atoms with van der Waals surface area (Å²) in [5.41, 5.74) is 0.506. The molecule has 0 amide bonds. The second-order valence-electron chi connectivity index (χ2n) is 4.13. The van der Waals surface area contributed by atoms with Gasteiger partial charge < -0.3 is 14.3 Å². The minimum Gasteiger partial charge on any atom is -0.495 e. The first kappa shape index (κ1) is 15.1. The number of hydrogen-bond acceptors (Lipinski definition) is 5. The number of sulfonamides is 1. The molecular weight excluding hydrogens is 298 g/mol. The number of carbonyl (C=O) groups is 1. The molecule has 0 aliphatic rings. The zero-order chi connectivity index (χ0) is 15.5. The summed E-state index contributed by atoms with van der Waals surface area (Å²) in [5, 5.41) is 8.95. The van der Waals surface area contributed by atoms with Crippen LogP contribution in [0.25, 0.3) is 0 Å². The van der Waals surface area contributed by atoms with E-state index in [1.807, 2.05) is 0 Å². The number of carboxylic acid groups (broad SMARTS) is 1. The predicted molar refractivity (Wildman–Crippen MR) is 72.7 cm³/mol. The van der Waals surface area contributed by atoms with Gasteiger partial charge in [-0.15, -0.1) is 0 Å². The molecule has 0 saturated heterocycles. The van der Waals surface area contributed by atoms with Gasteiger partial charge in [0.1, 0.15) is 10.6 Å². The topological polar surface area (TPSA) is 106 Å². The number of aromatic carboxylic acids is 1. The summed E-state index contributed by atoms with van der Waals surface area (Å²) >= 11 is 0. The quantitative estimate of drug-likeness (QED) is 0.836. The number of benzene rings is 1. The third-order valence-corrected chi connectivity index (χ3v) is 4.17. The molecule has 0 atom stereocenters. The fraction of sp³-hybridized carbons (Fsp3) is 0.154. The molecule has 0 unspecified atom stereocenters. The van der Waals surface area contributed by atoms with Crippen LogP contribution in [0.2, 0.25) is 0 Å². The van der Waals surface area contributed by atoms with Crippen LogP contribution >= 0.6 is 0 Å². The Bertz CT molecular complexity index is 736. The third kappa shape index (κ3) is 3.41. The average Bonchev–Trinajstić information content (AvgIpc) is 2.98. The smallest absolute Gasteiger partial charge is 0.335 e. The first-order valence-electron chi connectivity index (χ1n) is 5.86. The largest absolute Gasteiger partial charge is 0.495 e. The summed E-state index contributed by atoms with van der Waals surface area (Å²) in [6.07, 6.45) is 2.84. The van der Waals surface area contributed by atoms with Crippen LogP contribution in [0.1, 0.15) is 15.9 Å². The fourth-order valence-electron chi connectivity index (χ4n) is 1.67. The van der Waals surface area contributed by atoms with Gasteiger partial charge in [0, 0.05) is 12.1 Å². The molecule has 2 rings (SSSR count). The maximum atomic E-state index is 12.3. The highest BCUT2D eigenvalue weighted by molar-refractivity contribution is 7.89. The van der Waals surface area contributed by atoms with Crippen LogP contribution in [0, 0.1) is 0 Å². The number of nitrogens with one attached hydrogen (secondary N) is 1. The van der Waals surface area contributed by atoms with Gasteiger partial charge in [-0.3, -0.25) is 0 Å². The Morgan fingerprint density at radius 1 is 1.38 bits per heavy atom. The van der Waals surface area contributed by atoms with E-state index in [0.29, 0.717) is 5.56 Å². The number of carboxylic acids is 1. The molecule has 1 aromatic carbocycles. The molecule has 1 aromatic heterocycles. The van der Waals surface area contributed by atoms with E-state index < -0.39 is 16.0 Å². The Morgan fingerprint density at radius 2 is 2.14 bits per heavy atom. The lowest BCUT2D eigenvalue weighted by atomic mass is 10.2. The van der Waals surface area contributed by atoms with E-state index in [2.05, 4.69) is 4.72 Å². The van der Waals surface area contributed by atoms with E-state index in [1.165, 1.54) is 31.8 Å². The Balaban J connectivity index is 2.33. The second-order valence-corrected chi connectivity index (χ2v) is 5.86. The average molecular weight is 311 g/mol. The van der Waals surface area contributed by atoms with Gasteiger partial charge >= 0.3 is 5.97 Å². The summed E-state index contributed by atoms with van der Waals surface area (Å²) in [4.78, 5) is 10.7. The van der Waals surface area contributed by atoms with Crippen molar-refractivity contribution in [3.05, 3.63) is 47.9 Å². The molecule has 0 spiro atoms. The Labute approximate surface area is 121 Å². The summed E-state index contributed by atoms with van der Waals surface area (Å²) in [6.45, 7) is 0.0271. The highest BCUT2D eigenvalue weighted by Gasteiger charge is 2.21. The van der Waals surface area contributed by atoms with Gasteiger partial charge in [-0.1, -0.05) is 0 Å². The number of rotatable bonds is 6. The zero-order valence-corrected chi connectivity index (χ0v) is 11.9. The second kappa shape index (κ2) is 5.98. The minimum atomic E-state index is -3.92. The van der Waals surface area contributed by atoms with Crippen molar-refractivity contribution in [2.75, 3.05) is 7.11 Å². The number of hydrogen-bond donors (Lipinski definition) is 2. The predicted octanol–water partition coefficient (Wildman–Crippen LogP) is 1.46. The number of furan rings is 1. The molecule has 0 saturated carbocycles. The van der Waals surface area contributed by atoms with Gasteiger partial charge in [0.05, 0.1) is 25.2 Å². The minimum absolute atomic E-state index is 0.0271. The summed E-state index contributed by atoms with van der Waals surface area (Å²) in [7, 11) is -2.60. The van der Waals surface area contributed by atoms with Gasteiger partial charge in [-0.05, 0) is 24.3 Å². The summed E-state index contributed by atoms with van der Waals surface area (Å²) < 4.78 is 36.7. The van der Waals surface area contributed by atoms with Crippen molar-refractivity contribution in [2.45, 2.75) is 11.4 Å². The fourth-order valence-corrected chi connectivity index (χ4v) is 2.88. The van der Waals surface area contributed by atoms with Gasteiger partial charge in [0.15, 0.2) is 0 Å². The number of methoxy groups -OCH3 is 1. The molecule has 0 bridgehead atoms. The van der Waals surface area contributed by atoms with Gasteiger partial charge in [0.2, 0.25) is 10.0 Å². The lowest BCUT2D eigenvalue weighted by Crippen LogP contribution is -2.24. The molecule has 2 aromatic rings. The summed E-state index contributed by atoms with van der Waals surface area (Å²) in [5.74, 6) is -1.15. The van der Waals surface area contributed by atoms with Crippen LogP contribution in [0.3, 0.4) is 0 Å². The molecule has 8 heteroatoms. The van der Waals surface area contributed by atoms with E-state index in [4.69, 9.17) is 14.3 Å². The van der Waals surface area contributed by atoms with Crippen LogP contribution in [-0.2, 0) is 16.6 Å². The summed E-state index contributed by atoms with van der Waals surface area (Å²) in [6, 6.07) is 5.25. The van der Waals surface area contributed by atoms with E-state index in [0.717, 1.165) is 6.07 Å². The van der Waals surface area contributed by atoms with Gasteiger partial charge in [0.25, 0.3) is 0 Å². The van der Waals surface area contributed by atoms with E-state index in [9.17, 15) is 13.2 Å².